The van der Waals surface area contributed by atoms with Crippen LogP contribution in [0.5, 0.6) is 0 Å². The van der Waals surface area contributed by atoms with Crippen LogP contribution in [0, 0.1) is 5.82 Å². The number of benzene rings is 2. The highest BCUT2D eigenvalue weighted by molar-refractivity contribution is 8.00. The Hall–Kier alpha value is -2.05. The van der Waals surface area contributed by atoms with Gasteiger partial charge in [0, 0.05) is 17.9 Å². The lowest BCUT2D eigenvalue weighted by Crippen LogP contribution is -2.49. The van der Waals surface area contributed by atoms with Crippen molar-refractivity contribution in [1.82, 2.24) is 4.90 Å². The number of nitrogens with zero attached hydrogens (tertiary/aromatic N) is 1. The molecular weight excluding hydrogens is 377 g/mol. The fourth-order valence-corrected chi connectivity index (χ4v) is 3.99. The quantitative estimate of drug-likeness (QED) is 0.587. The van der Waals surface area contributed by atoms with Crippen molar-refractivity contribution >= 4 is 35.2 Å². The minimum atomic E-state index is -0.639. The molecule has 0 radical (unpaired) electrons. The summed E-state index contributed by atoms with van der Waals surface area (Å²) in [4.78, 5) is 27.2. The molecule has 7 heteroatoms. The number of rotatable bonds is 4. The third kappa shape index (κ3) is 4.02. The zero-order chi connectivity index (χ0) is 18.7. The van der Waals surface area contributed by atoms with E-state index >= 15 is 0 Å². The predicted molar refractivity (Wildman–Crippen MR) is 98.6 cm³/mol. The molecule has 2 aromatic carbocycles. The van der Waals surface area contributed by atoms with Crippen LogP contribution < -0.4 is 0 Å². The van der Waals surface area contributed by atoms with Crippen molar-refractivity contribution in [2.45, 2.75) is 23.9 Å². The SMILES string of the molecule is COC(=O)[C@H]1Cc2ccccc2CN1C(=O)CSc1ccc(F)c(Cl)c1. The molecule has 0 aliphatic carbocycles. The maximum Gasteiger partial charge on any atom is 0.328 e. The number of ether oxygens (including phenoxy) is 1. The van der Waals surface area contributed by atoms with Crippen LogP contribution in [-0.4, -0.2) is 35.7 Å². The molecule has 2 aromatic rings. The number of hydrogen-bond donors (Lipinski definition) is 0. The van der Waals surface area contributed by atoms with Crippen LogP contribution in [0.25, 0.3) is 0 Å². The van der Waals surface area contributed by atoms with Crippen molar-refractivity contribution in [2.75, 3.05) is 12.9 Å². The topological polar surface area (TPSA) is 46.6 Å². The van der Waals surface area contributed by atoms with Crippen molar-refractivity contribution < 1.29 is 18.7 Å². The zero-order valence-corrected chi connectivity index (χ0v) is 15.6. The first-order valence-corrected chi connectivity index (χ1v) is 9.38. The molecule has 136 valence electrons. The zero-order valence-electron chi connectivity index (χ0n) is 14.1. The first-order chi connectivity index (χ1) is 12.5. The average Bonchev–Trinajstić information content (AvgIpc) is 2.67. The third-order valence-corrected chi connectivity index (χ3v) is 5.56. The lowest BCUT2D eigenvalue weighted by atomic mass is 9.94. The first-order valence-electron chi connectivity index (χ1n) is 8.01. The fraction of sp³-hybridized carbons (Fsp3) is 0.263. The van der Waals surface area contributed by atoms with Gasteiger partial charge in [-0.15, -0.1) is 11.8 Å². The highest BCUT2D eigenvalue weighted by Gasteiger charge is 2.35. The smallest absolute Gasteiger partial charge is 0.328 e. The molecule has 1 heterocycles. The molecule has 0 N–H and O–H groups in total. The number of thioether (sulfide) groups is 1. The molecule has 26 heavy (non-hydrogen) atoms. The Morgan fingerprint density at radius 1 is 1.27 bits per heavy atom. The van der Waals surface area contributed by atoms with Gasteiger partial charge >= 0.3 is 5.97 Å². The number of halogens is 2. The summed E-state index contributed by atoms with van der Waals surface area (Å²) in [6, 6.07) is 11.4. The number of fused-ring (bicyclic) bond motifs is 1. The Bertz CT molecular complexity index is 845. The van der Waals surface area contributed by atoms with Crippen molar-refractivity contribution in [1.29, 1.82) is 0 Å². The summed E-state index contributed by atoms with van der Waals surface area (Å²) in [6.45, 7) is 0.361. The monoisotopic (exact) mass is 393 g/mol. The molecule has 1 atom stereocenters. The van der Waals surface area contributed by atoms with Gasteiger partial charge < -0.3 is 9.64 Å². The summed E-state index contributed by atoms with van der Waals surface area (Å²) in [5.74, 6) is -0.985. The predicted octanol–water partition coefficient (Wildman–Crippen LogP) is 3.70. The van der Waals surface area contributed by atoms with Crippen LogP contribution in [0.2, 0.25) is 5.02 Å². The third-order valence-electron chi connectivity index (χ3n) is 4.30. The summed E-state index contributed by atoms with van der Waals surface area (Å²) in [6.07, 6.45) is 0.432. The van der Waals surface area contributed by atoms with E-state index in [2.05, 4.69) is 0 Å². The fourth-order valence-electron chi connectivity index (χ4n) is 2.93. The number of carbonyl (C=O) groups excluding carboxylic acids is 2. The van der Waals surface area contributed by atoms with E-state index in [4.69, 9.17) is 16.3 Å². The largest absolute Gasteiger partial charge is 0.467 e. The number of esters is 1. The summed E-state index contributed by atoms with van der Waals surface area (Å²) in [5, 5.41) is 0.0155. The summed E-state index contributed by atoms with van der Waals surface area (Å²) >= 11 is 7.03. The van der Waals surface area contributed by atoms with E-state index in [-0.39, 0.29) is 16.7 Å². The van der Waals surface area contributed by atoms with Crippen LogP contribution in [0.15, 0.2) is 47.4 Å². The van der Waals surface area contributed by atoms with Gasteiger partial charge in [-0.1, -0.05) is 35.9 Å². The Balaban J connectivity index is 1.75. The highest BCUT2D eigenvalue weighted by atomic mass is 35.5. The second kappa shape index (κ2) is 8.10. The van der Waals surface area contributed by atoms with E-state index in [1.165, 1.54) is 31.0 Å². The maximum absolute atomic E-state index is 13.2. The van der Waals surface area contributed by atoms with Crippen LogP contribution in [0.3, 0.4) is 0 Å². The number of amides is 1. The molecule has 4 nitrogen and oxygen atoms in total. The Labute approximate surface area is 160 Å². The van der Waals surface area contributed by atoms with Gasteiger partial charge in [-0.2, -0.15) is 0 Å². The van der Waals surface area contributed by atoms with E-state index in [1.54, 1.807) is 11.0 Å². The molecule has 0 fully saturated rings. The van der Waals surface area contributed by atoms with Gasteiger partial charge in [0.2, 0.25) is 5.91 Å². The van der Waals surface area contributed by atoms with Crippen molar-refractivity contribution in [2.24, 2.45) is 0 Å². The van der Waals surface area contributed by atoms with Crippen molar-refractivity contribution in [3.8, 4) is 0 Å². The maximum atomic E-state index is 13.2. The second-order valence-electron chi connectivity index (χ2n) is 5.90. The Morgan fingerprint density at radius 2 is 2.00 bits per heavy atom. The number of hydrogen-bond acceptors (Lipinski definition) is 4. The number of carbonyl (C=O) groups is 2. The highest BCUT2D eigenvalue weighted by Crippen LogP contribution is 2.27. The Morgan fingerprint density at radius 3 is 2.69 bits per heavy atom. The standard InChI is InChI=1S/C19H17ClFNO3S/c1-25-19(24)17-8-12-4-2-3-5-13(12)10-22(17)18(23)11-26-14-6-7-16(21)15(20)9-14/h2-7,9,17H,8,10-11H2,1H3/t17-/m1/s1. The van der Waals surface area contributed by atoms with Crippen LogP contribution >= 0.6 is 23.4 Å². The minimum absolute atomic E-state index is 0.0155. The minimum Gasteiger partial charge on any atom is -0.467 e. The van der Waals surface area contributed by atoms with E-state index < -0.39 is 17.8 Å². The van der Waals surface area contributed by atoms with Gasteiger partial charge in [0.05, 0.1) is 17.9 Å². The lowest BCUT2D eigenvalue weighted by molar-refractivity contribution is -0.153. The van der Waals surface area contributed by atoms with Gasteiger partial charge in [-0.3, -0.25) is 4.79 Å². The summed E-state index contributed by atoms with van der Waals surface area (Å²) < 4.78 is 18.1. The molecule has 0 saturated carbocycles. The molecule has 0 bridgehead atoms. The summed E-state index contributed by atoms with van der Waals surface area (Å²) in [5.41, 5.74) is 2.07. The van der Waals surface area contributed by atoms with E-state index in [0.717, 1.165) is 11.1 Å². The summed E-state index contributed by atoms with van der Waals surface area (Å²) in [7, 11) is 1.32. The van der Waals surface area contributed by atoms with Crippen LogP contribution in [0.1, 0.15) is 11.1 Å². The van der Waals surface area contributed by atoms with E-state index in [1.807, 2.05) is 24.3 Å². The molecule has 1 aliphatic rings. The molecule has 0 saturated heterocycles. The van der Waals surface area contributed by atoms with Crippen LogP contribution in [0.4, 0.5) is 4.39 Å². The molecule has 1 aliphatic heterocycles. The van der Waals surface area contributed by atoms with Crippen molar-refractivity contribution in [3.05, 3.63) is 64.4 Å². The molecule has 0 unspecified atom stereocenters. The molecule has 0 aromatic heterocycles. The van der Waals surface area contributed by atoms with Gasteiger partial charge in [0.15, 0.2) is 0 Å². The van der Waals surface area contributed by atoms with Crippen molar-refractivity contribution in [3.63, 3.8) is 0 Å². The Kier molecular flexibility index (Phi) is 5.84. The average molecular weight is 394 g/mol. The van der Waals surface area contributed by atoms with E-state index in [9.17, 15) is 14.0 Å². The lowest BCUT2D eigenvalue weighted by Gasteiger charge is -2.35. The number of methoxy groups -OCH3 is 1. The van der Waals surface area contributed by atoms with Gasteiger partial charge in [-0.05, 0) is 29.3 Å². The van der Waals surface area contributed by atoms with E-state index in [0.29, 0.717) is 17.9 Å². The molecule has 1 amide bonds. The second-order valence-corrected chi connectivity index (χ2v) is 7.35. The van der Waals surface area contributed by atoms with Gasteiger partial charge in [0.1, 0.15) is 11.9 Å². The van der Waals surface area contributed by atoms with Crippen LogP contribution in [-0.2, 0) is 27.3 Å². The molecule has 3 rings (SSSR count). The molecular formula is C19H17ClFNO3S. The normalized spacial score (nSPS) is 16.1. The van der Waals surface area contributed by atoms with Gasteiger partial charge in [0.25, 0.3) is 0 Å². The van der Waals surface area contributed by atoms with Gasteiger partial charge in [-0.25, -0.2) is 9.18 Å². The molecule has 0 spiro atoms. The first kappa shape index (κ1) is 18.7.